The molecule has 106 valence electrons. The van der Waals surface area contributed by atoms with E-state index in [1.807, 2.05) is 0 Å². The maximum absolute atomic E-state index is 2.72. The average molecular weight is 280 g/mol. The largest absolute Gasteiger partial charge is 1.00 e. The molecule has 0 amide bonds. The summed E-state index contributed by atoms with van der Waals surface area (Å²) in [6.07, 6.45) is 5.58. The van der Waals surface area contributed by atoms with Crippen molar-refractivity contribution in [1.29, 1.82) is 0 Å². The molecule has 19 heavy (non-hydrogen) atoms. The summed E-state index contributed by atoms with van der Waals surface area (Å²) in [4.78, 5) is 5.34. The van der Waals surface area contributed by atoms with E-state index in [0.717, 1.165) is 12.6 Å². The average Bonchev–Trinajstić information content (AvgIpc) is 2.95. The molecule has 2 heterocycles. The summed E-state index contributed by atoms with van der Waals surface area (Å²) in [5.41, 5.74) is 1.46. The Bertz CT molecular complexity index is 354. The maximum atomic E-state index is 2.72. The number of benzene rings is 1. The second-order valence-electron chi connectivity index (χ2n) is 5.74. The van der Waals surface area contributed by atoms with Crippen molar-refractivity contribution >= 4 is 0 Å². The fraction of sp³-hybridized carbons (Fsp3) is 0.625. The van der Waals surface area contributed by atoms with Gasteiger partial charge in [-0.3, -0.25) is 4.90 Å². The molecule has 0 atom stereocenters. The van der Waals surface area contributed by atoms with Gasteiger partial charge in [-0.15, -0.1) is 0 Å². The number of hydrogen-bond acceptors (Lipinski definition) is 2. The standard InChI is InChI=1S/C16H24N2.ClH/c1-2-6-15(7-3-1)14-17-12-8-16(9-13-17)18-10-4-5-11-18;/h1-3,6-7,16H,4-5,8-14H2;1H/p-1. The lowest BCUT2D eigenvalue weighted by Crippen LogP contribution is -3.00. The fourth-order valence-corrected chi connectivity index (χ4v) is 3.39. The molecule has 0 unspecified atom stereocenters. The molecular formula is C16H24ClN2-. The van der Waals surface area contributed by atoms with Gasteiger partial charge < -0.3 is 17.3 Å². The van der Waals surface area contributed by atoms with Crippen LogP contribution < -0.4 is 12.4 Å². The first kappa shape index (κ1) is 14.8. The Morgan fingerprint density at radius 2 is 1.53 bits per heavy atom. The first-order chi connectivity index (χ1) is 8.92. The zero-order valence-corrected chi connectivity index (χ0v) is 12.4. The number of nitrogens with zero attached hydrogens (tertiary/aromatic N) is 2. The highest BCUT2D eigenvalue weighted by atomic mass is 35.5. The zero-order valence-electron chi connectivity index (χ0n) is 11.6. The van der Waals surface area contributed by atoms with Crippen LogP contribution in [-0.4, -0.2) is 42.0 Å². The van der Waals surface area contributed by atoms with Crippen LogP contribution in [0.2, 0.25) is 0 Å². The van der Waals surface area contributed by atoms with E-state index in [-0.39, 0.29) is 12.4 Å². The Morgan fingerprint density at radius 3 is 2.16 bits per heavy atom. The Morgan fingerprint density at radius 1 is 0.895 bits per heavy atom. The van der Waals surface area contributed by atoms with Gasteiger partial charge in [-0.25, -0.2) is 0 Å². The molecule has 0 N–H and O–H groups in total. The lowest BCUT2D eigenvalue weighted by molar-refractivity contribution is -0.00000379. The van der Waals surface area contributed by atoms with Gasteiger partial charge in [-0.2, -0.15) is 0 Å². The zero-order chi connectivity index (χ0) is 12.2. The van der Waals surface area contributed by atoms with Gasteiger partial charge >= 0.3 is 0 Å². The van der Waals surface area contributed by atoms with Gasteiger partial charge in [0.1, 0.15) is 0 Å². The molecule has 0 radical (unpaired) electrons. The number of hydrogen-bond donors (Lipinski definition) is 0. The van der Waals surface area contributed by atoms with E-state index in [1.54, 1.807) is 0 Å². The molecule has 0 spiro atoms. The van der Waals surface area contributed by atoms with Crippen molar-refractivity contribution in [2.24, 2.45) is 0 Å². The lowest BCUT2D eigenvalue weighted by Gasteiger charge is -2.36. The normalized spacial score (nSPS) is 22.3. The molecular weight excluding hydrogens is 256 g/mol. The Balaban J connectivity index is 0.00000133. The number of piperidine rings is 1. The van der Waals surface area contributed by atoms with E-state index in [9.17, 15) is 0 Å². The van der Waals surface area contributed by atoms with E-state index < -0.39 is 0 Å². The quantitative estimate of drug-likeness (QED) is 0.753. The number of rotatable bonds is 3. The van der Waals surface area contributed by atoms with Gasteiger partial charge in [0, 0.05) is 12.6 Å². The molecule has 0 saturated carbocycles. The minimum Gasteiger partial charge on any atom is -1.00 e. The van der Waals surface area contributed by atoms with Crippen LogP contribution in [0.25, 0.3) is 0 Å². The predicted molar refractivity (Wildman–Crippen MR) is 75.5 cm³/mol. The van der Waals surface area contributed by atoms with Crippen molar-refractivity contribution in [2.45, 2.75) is 38.3 Å². The fourth-order valence-electron chi connectivity index (χ4n) is 3.39. The van der Waals surface area contributed by atoms with Gasteiger partial charge in [0.05, 0.1) is 0 Å². The van der Waals surface area contributed by atoms with Crippen molar-refractivity contribution in [3.8, 4) is 0 Å². The summed E-state index contributed by atoms with van der Waals surface area (Å²) in [6, 6.07) is 11.8. The van der Waals surface area contributed by atoms with Crippen molar-refractivity contribution in [2.75, 3.05) is 26.2 Å². The van der Waals surface area contributed by atoms with E-state index in [2.05, 4.69) is 40.1 Å². The summed E-state index contributed by atoms with van der Waals surface area (Å²) in [7, 11) is 0. The molecule has 2 nitrogen and oxygen atoms in total. The van der Waals surface area contributed by atoms with Gasteiger partial charge in [0.15, 0.2) is 0 Å². The SMILES string of the molecule is [Cl-].c1ccc(CN2CCC(N3CCCC3)CC2)cc1. The van der Waals surface area contributed by atoms with Crippen LogP contribution in [0.1, 0.15) is 31.2 Å². The van der Waals surface area contributed by atoms with Crippen LogP contribution in [-0.2, 0) is 6.54 Å². The molecule has 2 saturated heterocycles. The Kier molecular flexibility index (Phi) is 5.68. The molecule has 2 aliphatic heterocycles. The molecule has 0 bridgehead atoms. The van der Waals surface area contributed by atoms with E-state index in [0.29, 0.717) is 0 Å². The van der Waals surface area contributed by atoms with Crippen LogP contribution in [0.4, 0.5) is 0 Å². The molecule has 2 fully saturated rings. The highest BCUT2D eigenvalue weighted by molar-refractivity contribution is 5.14. The smallest absolute Gasteiger partial charge is 0.0233 e. The van der Waals surface area contributed by atoms with Crippen molar-refractivity contribution in [3.05, 3.63) is 35.9 Å². The summed E-state index contributed by atoms with van der Waals surface area (Å²) < 4.78 is 0. The number of likely N-dealkylation sites (tertiary alicyclic amines) is 2. The monoisotopic (exact) mass is 279 g/mol. The van der Waals surface area contributed by atoms with E-state index >= 15 is 0 Å². The number of halogens is 1. The van der Waals surface area contributed by atoms with Gasteiger partial charge in [-0.1, -0.05) is 30.3 Å². The second kappa shape index (κ2) is 7.28. The van der Waals surface area contributed by atoms with Gasteiger partial charge in [-0.05, 0) is 57.4 Å². The van der Waals surface area contributed by atoms with Crippen LogP contribution in [0.3, 0.4) is 0 Å². The van der Waals surface area contributed by atoms with E-state index in [1.165, 1.54) is 57.4 Å². The van der Waals surface area contributed by atoms with E-state index in [4.69, 9.17) is 0 Å². The van der Waals surface area contributed by atoms with Crippen LogP contribution in [0.15, 0.2) is 30.3 Å². The topological polar surface area (TPSA) is 6.48 Å². The summed E-state index contributed by atoms with van der Waals surface area (Å²) in [5.74, 6) is 0. The summed E-state index contributed by atoms with van der Waals surface area (Å²) in [6.45, 7) is 6.38. The first-order valence-electron chi connectivity index (χ1n) is 7.42. The summed E-state index contributed by atoms with van der Waals surface area (Å²) in [5, 5.41) is 0. The Labute approximate surface area is 123 Å². The molecule has 0 aromatic heterocycles. The second-order valence-corrected chi connectivity index (χ2v) is 5.74. The molecule has 3 heteroatoms. The van der Waals surface area contributed by atoms with Gasteiger partial charge in [0.25, 0.3) is 0 Å². The third kappa shape index (κ3) is 3.95. The molecule has 2 aliphatic rings. The molecule has 1 aromatic rings. The Hall–Kier alpha value is -0.570. The van der Waals surface area contributed by atoms with Crippen LogP contribution in [0.5, 0.6) is 0 Å². The molecule has 3 rings (SSSR count). The highest BCUT2D eigenvalue weighted by Crippen LogP contribution is 2.21. The van der Waals surface area contributed by atoms with Crippen molar-refractivity contribution < 1.29 is 12.4 Å². The van der Waals surface area contributed by atoms with Gasteiger partial charge in [0.2, 0.25) is 0 Å². The minimum atomic E-state index is 0. The maximum Gasteiger partial charge on any atom is 0.0233 e. The van der Waals surface area contributed by atoms with Crippen molar-refractivity contribution in [3.63, 3.8) is 0 Å². The predicted octanol–water partition coefficient (Wildman–Crippen LogP) is -0.249. The third-order valence-electron chi connectivity index (χ3n) is 4.46. The van der Waals surface area contributed by atoms with Crippen molar-refractivity contribution in [1.82, 2.24) is 9.80 Å². The van der Waals surface area contributed by atoms with Crippen LogP contribution >= 0.6 is 0 Å². The third-order valence-corrected chi connectivity index (χ3v) is 4.46. The molecule has 0 aliphatic carbocycles. The lowest BCUT2D eigenvalue weighted by atomic mass is 10.0. The minimum absolute atomic E-state index is 0. The highest BCUT2D eigenvalue weighted by Gasteiger charge is 2.26. The summed E-state index contributed by atoms with van der Waals surface area (Å²) >= 11 is 0. The molecule has 1 aromatic carbocycles. The van der Waals surface area contributed by atoms with Crippen LogP contribution in [0, 0.1) is 0 Å². The first-order valence-corrected chi connectivity index (χ1v) is 7.42.